The first kappa shape index (κ1) is 21.3. The van der Waals surface area contributed by atoms with E-state index in [1.165, 1.54) is 17.8 Å². The molecule has 1 aromatic rings. The fourth-order valence-electron chi connectivity index (χ4n) is 2.05. The molecular weight excluding hydrogens is 353 g/mol. The SMILES string of the molecule is CCOC(=O)c1cn(CC(CP(=O)(OCC)OCC)OC(C)=O)nn1. The quantitative estimate of drug-likeness (QED) is 0.419. The Morgan fingerprint density at radius 3 is 2.36 bits per heavy atom. The second kappa shape index (κ2) is 10.3. The summed E-state index contributed by atoms with van der Waals surface area (Å²) >= 11 is 0. The largest absolute Gasteiger partial charge is 0.461 e. The molecule has 1 aromatic heterocycles. The topological polar surface area (TPSA) is 119 Å². The van der Waals surface area contributed by atoms with Crippen molar-refractivity contribution < 1.29 is 32.7 Å². The maximum Gasteiger partial charge on any atom is 0.360 e. The van der Waals surface area contributed by atoms with E-state index in [-0.39, 0.29) is 38.2 Å². The third-order valence-electron chi connectivity index (χ3n) is 2.83. The molecule has 1 atom stereocenters. The van der Waals surface area contributed by atoms with Crippen LogP contribution in [0.15, 0.2) is 6.20 Å². The minimum atomic E-state index is -3.42. The van der Waals surface area contributed by atoms with Crippen molar-refractivity contribution in [3.8, 4) is 0 Å². The molecule has 11 heteroatoms. The number of aromatic nitrogens is 3. The predicted molar refractivity (Wildman–Crippen MR) is 87.3 cm³/mol. The zero-order valence-electron chi connectivity index (χ0n) is 14.8. The van der Waals surface area contributed by atoms with Crippen molar-refractivity contribution >= 4 is 19.5 Å². The van der Waals surface area contributed by atoms with E-state index in [9.17, 15) is 14.2 Å². The molecule has 0 radical (unpaired) electrons. The van der Waals surface area contributed by atoms with Gasteiger partial charge >= 0.3 is 19.5 Å². The van der Waals surface area contributed by atoms with Crippen molar-refractivity contribution in [3.05, 3.63) is 11.9 Å². The number of carbonyl (C=O) groups is 2. The Balaban J connectivity index is 2.87. The second-order valence-corrected chi connectivity index (χ2v) is 7.01. The molecule has 0 aromatic carbocycles. The van der Waals surface area contributed by atoms with Gasteiger partial charge in [-0.25, -0.2) is 9.48 Å². The Labute approximate surface area is 146 Å². The van der Waals surface area contributed by atoms with Crippen LogP contribution in [0.3, 0.4) is 0 Å². The molecular formula is C14H24N3O7P. The van der Waals surface area contributed by atoms with Crippen LogP contribution in [0.5, 0.6) is 0 Å². The van der Waals surface area contributed by atoms with E-state index in [1.54, 1.807) is 20.8 Å². The first-order chi connectivity index (χ1) is 11.8. The molecule has 0 aliphatic carbocycles. The molecule has 25 heavy (non-hydrogen) atoms. The molecule has 0 aliphatic rings. The van der Waals surface area contributed by atoms with Crippen molar-refractivity contribution in [2.24, 2.45) is 0 Å². The Hall–Kier alpha value is -1.77. The highest BCUT2D eigenvalue weighted by Crippen LogP contribution is 2.49. The van der Waals surface area contributed by atoms with Crippen molar-refractivity contribution in [2.45, 2.75) is 40.3 Å². The lowest BCUT2D eigenvalue weighted by molar-refractivity contribution is -0.146. The molecule has 0 fully saturated rings. The van der Waals surface area contributed by atoms with E-state index >= 15 is 0 Å². The van der Waals surface area contributed by atoms with E-state index in [0.717, 1.165) is 0 Å². The summed E-state index contributed by atoms with van der Waals surface area (Å²) < 4.78 is 34.4. The number of rotatable bonds is 11. The number of hydrogen-bond acceptors (Lipinski definition) is 9. The van der Waals surface area contributed by atoms with Gasteiger partial charge in [0.15, 0.2) is 5.69 Å². The standard InChI is InChI=1S/C14H24N3O7P/c1-5-21-14(19)13-9-17(16-15-13)8-12(24-11(4)18)10-25(20,22-6-2)23-7-3/h9,12H,5-8,10H2,1-4H3. The molecule has 1 rings (SSSR count). The molecule has 0 aliphatic heterocycles. The van der Waals surface area contributed by atoms with E-state index < -0.39 is 25.6 Å². The van der Waals surface area contributed by atoms with Crippen LogP contribution in [-0.2, 0) is 34.4 Å². The van der Waals surface area contributed by atoms with E-state index in [4.69, 9.17) is 18.5 Å². The van der Waals surface area contributed by atoms with E-state index in [0.29, 0.717) is 0 Å². The number of nitrogens with zero attached hydrogens (tertiary/aromatic N) is 3. The van der Waals surface area contributed by atoms with Gasteiger partial charge in [-0.05, 0) is 20.8 Å². The molecule has 0 N–H and O–H groups in total. The van der Waals surface area contributed by atoms with Crippen molar-refractivity contribution in [1.29, 1.82) is 0 Å². The van der Waals surface area contributed by atoms with Crippen molar-refractivity contribution in [1.82, 2.24) is 15.0 Å². The molecule has 0 bridgehead atoms. The average molecular weight is 377 g/mol. The van der Waals surface area contributed by atoms with Crippen LogP contribution in [0.25, 0.3) is 0 Å². The van der Waals surface area contributed by atoms with Crippen molar-refractivity contribution in [2.75, 3.05) is 26.0 Å². The number of hydrogen-bond donors (Lipinski definition) is 0. The Bertz CT molecular complexity index is 609. The smallest absolute Gasteiger partial charge is 0.360 e. The summed E-state index contributed by atoms with van der Waals surface area (Å²) in [6.45, 7) is 6.94. The molecule has 0 amide bonds. The summed E-state index contributed by atoms with van der Waals surface area (Å²) in [6, 6.07) is 0. The van der Waals surface area contributed by atoms with Gasteiger partial charge in [-0.2, -0.15) is 0 Å². The minimum absolute atomic E-state index is 0.0289. The van der Waals surface area contributed by atoms with E-state index in [1.807, 2.05) is 0 Å². The van der Waals surface area contributed by atoms with Gasteiger partial charge in [0.2, 0.25) is 0 Å². The van der Waals surface area contributed by atoms with Gasteiger partial charge in [-0.3, -0.25) is 9.36 Å². The normalized spacial score (nSPS) is 12.6. The summed E-state index contributed by atoms with van der Waals surface area (Å²) in [5.41, 5.74) is 0.0289. The molecule has 142 valence electrons. The van der Waals surface area contributed by atoms with Gasteiger partial charge in [0.05, 0.1) is 38.7 Å². The lowest BCUT2D eigenvalue weighted by atomic mass is 10.4. The number of carbonyl (C=O) groups excluding carboxylic acids is 2. The summed E-state index contributed by atoms with van der Waals surface area (Å²) in [4.78, 5) is 22.9. The summed E-state index contributed by atoms with van der Waals surface area (Å²) in [7, 11) is -3.42. The van der Waals surface area contributed by atoms with Gasteiger partial charge in [-0.1, -0.05) is 5.21 Å². The Morgan fingerprint density at radius 2 is 1.84 bits per heavy atom. The van der Waals surface area contributed by atoms with Gasteiger partial charge in [0.1, 0.15) is 6.10 Å². The lowest BCUT2D eigenvalue weighted by Crippen LogP contribution is -2.27. The summed E-state index contributed by atoms with van der Waals surface area (Å²) in [5.74, 6) is -1.15. The highest BCUT2D eigenvalue weighted by Gasteiger charge is 2.31. The summed E-state index contributed by atoms with van der Waals surface area (Å²) in [6.07, 6.45) is 0.405. The van der Waals surface area contributed by atoms with Crippen LogP contribution < -0.4 is 0 Å². The summed E-state index contributed by atoms with van der Waals surface area (Å²) in [5, 5.41) is 7.49. The number of ether oxygens (including phenoxy) is 2. The van der Waals surface area contributed by atoms with E-state index in [2.05, 4.69) is 10.3 Å². The predicted octanol–water partition coefficient (Wildman–Crippen LogP) is 1.65. The number of esters is 2. The minimum Gasteiger partial charge on any atom is -0.461 e. The Morgan fingerprint density at radius 1 is 1.20 bits per heavy atom. The molecule has 1 unspecified atom stereocenters. The zero-order chi connectivity index (χ0) is 18.9. The maximum absolute atomic E-state index is 12.6. The molecule has 0 spiro atoms. The highest BCUT2D eigenvalue weighted by atomic mass is 31.2. The van der Waals surface area contributed by atoms with Gasteiger partial charge < -0.3 is 18.5 Å². The first-order valence-electron chi connectivity index (χ1n) is 7.96. The Kier molecular flexibility index (Phi) is 8.74. The molecule has 0 saturated carbocycles. The maximum atomic E-state index is 12.6. The van der Waals surface area contributed by atoms with Crippen LogP contribution in [-0.4, -0.2) is 59.0 Å². The van der Waals surface area contributed by atoms with Crippen molar-refractivity contribution in [3.63, 3.8) is 0 Å². The van der Waals surface area contributed by atoms with Crippen LogP contribution >= 0.6 is 7.60 Å². The molecule has 10 nitrogen and oxygen atoms in total. The zero-order valence-corrected chi connectivity index (χ0v) is 15.7. The molecule has 1 heterocycles. The van der Waals surface area contributed by atoms with Crippen LogP contribution in [0, 0.1) is 0 Å². The van der Waals surface area contributed by atoms with Crippen LogP contribution in [0.4, 0.5) is 0 Å². The van der Waals surface area contributed by atoms with Gasteiger partial charge in [0.25, 0.3) is 0 Å². The molecule has 0 saturated heterocycles. The lowest BCUT2D eigenvalue weighted by Gasteiger charge is -2.22. The second-order valence-electron chi connectivity index (χ2n) is 4.91. The van der Waals surface area contributed by atoms with Gasteiger partial charge in [-0.15, -0.1) is 5.10 Å². The fourth-order valence-corrected chi connectivity index (χ4v) is 3.81. The highest BCUT2D eigenvalue weighted by molar-refractivity contribution is 7.53. The monoisotopic (exact) mass is 377 g/mol. The third kappa shape index (κ3) is 7.33. The van der Waals surface area contributed by atoms with Gasteiger partial charge in [0, 0.05) is 6.92 Å². The average Bonchev–Trinajstić information content (AvgIpc) is 2.95. The first-order valence-corrected chi connectivity index (χ1v) is 9.68. The third-order valence-corrected chi connectivity index (χ3v) is 4.98. The van der Waals surface area contributed by atoms with Crippen LogP contribution in [0.1, 0.15) is 38.2 Å². The fraction of sp³-hybridized carbons (Fsp3) is 0.714. The van der Waals surface area contributed by atoms with Crippen LogP contribution in [0.2, 0.25) is 0 Å².